The van der Waals surface area contributed by atoms with Crippen molar-refractivity contribution in [2.75, 3.05) is 33.7 Å². The Bertz CT molecular complexity index is 1360. The minimum atomic E-state index is 0.0321. The number of hydrogen-bond donors (Lipinski definition) is 0. The minimum Gasteiger partial charge on any atom is -0.339 e. The summed E-state index contributed by atoms with van der Waals surface area (Å²) in [6.07, 6.45) is 4.37. The molecule has 5 nitrogen and oxygen atoms in total. The molecular weight excluding hydrogens is 432 g/mol. The lowest BCUT2D eigenvalue weighted by Crippen LogP contribution is -2.37. The molecule has 2 heterocycles. The average Bonchev–Trinajstić information content (AvgIpc) is 3.26. The Morgan fingerprint density at radius 1 is 1.06 bits per heavy atom. The maximum absolute atomic E-state index is 12.2. The molecule has 4 aromatic rings. The smallest absolute Gasteiger partial charge is 0.245 e. The second kappa shape index (κ2) is 10.0. The molecule has 1 saturated heterocycles. The van der Waals surface area contributed by atoms with Crippen LogP contribution in [0.4, 0.5) is 0 Å². The number of piperidine rings is 1. The molecule has 1 aliphatic rings. The van der Waals surface area contributed by atoms with Gasteiger partial charge in [-0.25, -0.2) is 0 Å². The van der Waals surface area contributed by atoms with E-state index in [9.17, 15) is 4.79 Å². The molecule has 35 heavy (non-hydrogen) atoms. The maximum atomic E-state index is 12.2. The molecule has 1 aromatic heterocycles. The van der Waals surface area contributed by atoms with Crippen molar-refractivity contribution in [2.24, 2.45) is 0 Å². The van der Waals surface area contributed by atoms with Gasteiger partial charge in [-0.3, -0.25) is 9.48 Å². The van der Waals surface area contributed by atoms with E-state index in [1.54, 1.807) is 0 Å². The summed E-state index contributed by atoms with van der Waals surface area (Å²) in [5.74, 6) is 0.402. The fraction of sp³-hybridized carbons (Fsp3) is 0.333. The van der Waals surface area contributed by atoms with E-state index in [2.05, 4.69) is 90.9 Å². The first kappa shape index (κ1) is 23.3. The lowest BCUT2D eigenvalue weighted by Gasteiger charge is -2.32. The number of carbonyl (C=O) groups is 1. The van der Waals surface area contributed by atoms with E-state index in [0.717, 1.165) is 51.0 Å². The Balaban J connectivity index is 1.59. The van der Waals surface area contributed by atoms with Crippen molar-refractivity contribution in [1.82, 2.24) is 19.6 Å². The summed E-state index contributed by atoms with van der Waals surface area (Å²) in [5, 5.41) is 8.87. The van der Waals surface area contributed by atoms with Crippen molar-refractivity contribution < 1.29 is 4.79 Å². The number of amides is 1. The van der Waals surface area contributed by atoms with Crippen LogP contribution >= 0.6 is 0 Å². The number of aryl methyl sites for hydroxylation is 1. The van der Waals surface area contributed by atoms with Gasteiger partial charge in [-0.2, -0.15) is 5.10 Å². The number of fused-ring (bicyclic) bond motifs is 2. The number of carbonyl (C=O) groups excluding carboxylic acids is 1. The van der Waals surface area contributed by atoms with E-state index in [1.165, 1.54) is 39.1 Å². The molecule has 3 aromatic carbocycles. The molecule has 0 radical (unpaired) electrons. The van der Waals surface area contributed by atoms with Gasteiger partial charge in [-0.1, -0.05) is 55.1 Å². The quantitative estimate of drug-likeness (QED) is 0.328. The van der Waals surface area contributed by atoms with Crippen molar-refractivity contribution in [2.45, 2.75) is 31.7 Å². The largest absolute Gasteiger partial charge is 0.339 e. The third-order valence-electron chi connectivity index (χ3n) is 7.21. The first-order valence-electron chi connectivity index (χ1n) is 12.6. The Kier molecular flexibility index (Phi) is 6.69. The predicted molar refractivity (Wildman–Crippen MR) is 145 cm³/mol. The van der Waals surface area contributed by atoms with Crippen LogP contribution in [0.1, 0.15) is 30.9 Å². The van der Waals surface area contributed by atoms with Crippen LogP contribution in [0.5, 0.6) is 0 Å². The highest BCUT2D eigenvalue weighted by molar-refractivity contribution is 5.99. The Morgan fingerprint density at radius 2 is 1.83 bits per heavy atom. The molecule has 0 N–H and O–H groups in total. The van der Waals surface area contributed by atoms with E-state index < -0.39 is 0 Å². The first-order valence-corrected chi connectivity index (χ1v) is 12.6. The van der Waals surface area contributed by atoms with Crippen LogP contribution in [-0.4, -0.2) is 59.2 Å². The monoisotopic (exact) mass is 466 g/mol. The summed E-state index contributed by atoms with van der Waals surface area (Å²) in [5.41, 5.74) is 4.85. The molecule has 0 aliphatic carbocycles. The van der Waals surface area contributed by atoms with Crippen molar-refractivity contribution >= 4 is 27.6 Å². The highest BCUT2D eigenvalue weighted by Crippen LogP contribution is 2.39. The number of hydrogen-bond acceptors (Lipinski definition) is 3. The molecule has 1 amide bonds. The standard InChI is InChI=1S/C30H34N4O/c1-4-28(35)33-19-15-23(16-20-33)30-29-26(25-14-13-22-9-5-6-10-24(22)21-25)11-7-12-27(29)31-34(30)18-8-17-32(2)3/h4-7,9-14,21,23H,1,8,15-20H2,2-3H3. The molecular formula is C30H34N4O. The Morgan fingerprint density at radius 3 is 2.57 bits per heavy atom. The predicted octanol–water partition coefficient (Wildman–Crippen LogP) is 5.70. The van der Waals surface area contributed by atoms with Gasteiger partial charge in [-0.05, 0) is 80.0 Å². The fourth-order valence-electron chi connectivity index (χ4n) is 5.43. The minimum absolute atomic E-state index is 0.0321. The zero-order valence-corrected chi connectivity index (χ0v) is 20.8. The number of likely N-dealkylation sites (tertiary alicyclic amines) is 1. The van der Waals surface area contributed by atoms with Crippen LogP contribution in [0.15, 0.2) is 73.3 Å². The highest BCUT2D eigenvalue weighted by atomic mass is 16.2. The van der Waals surface area contributed by atoms with Gasteiger partial charge in [0.1, 0.15) is 0 Å². The molecule has 0 bridgehead atoms. The van der Waals surface area contributed by atoms with Gasteiger partial charge in [0.05, 0.1) is 11.2 Å². The van der Waals surface area contributed by atoms with E-state index in [0.29, 0.717) is 5.92 Å². The first-order chi connectivity index (χ1) is 17.0. The summed E-state index contributed by atoms with van der Waals surface area (Å²) in [7, 11) is 4.23. The fourth-order valence-corrected chi connectivity index (χ4v) is 5.43. The maximum Gasteiger partial charge on any atom is 0.245 e. The van der Waals surface area contributed by atoms with Crippen molar-refractivity contribution in [3.63, 3.8) is 0 Å². The van der Waals surface area contributed by atoms with Gasteiger partial charge in [0, 0.05) is 30.9 Å². The van der Waals surface area contributed by atoms with E-state index in [1.807, 2.05) is 4.90 Å². The topological polar surface area (TPSA) is 41.4 Å². The summed E-state index contributed by atoms with van der Waals surface area (Å²) >= 11 is 0. The molecule has 0 unspecified atom stereocenters. The Hall–Kier alpha value is -3.44. The third kappa shape index (κ3) is 4.73. The average molecular weight is 467 g/mol. The SMILES string of the molecule is C=CC(=O)N1CCC(c2c3c(-c4ccc5ccccc5c4)cccc3nn2CCCN(C)C)CC1. The number of benzene rings is 3. The van der Waals surface area contributed by atoms with Gasteiger partial charge in [0.25, 0.3) is 0 Å². The van der Waals surface area contributed by atoms with Gasteiger partial charge in [0.15, 0.2) is 0 Å². The molecule has 0 atom stereocenters. The summed E-state index contributed by atoms with van der Waals surface area (Å²) in [6.45, 7) is 7.11. The van der Waals surface area contributed by atoms with Crippen LogP contribution in [0, 0.1) is 0 Å². The molecule has 0 saturated carbocycles. The third-order valence-corrected chi connectivity index (χ3v) is 7.21. The van der Waals surface area contributed by atoms with Gasteiger partial charge in [-0.15, -0.1) is 0 Å². The van der Waals surface area contributed by atoms with E-state index in [4.69, 9.17) is 5.10 Å². The van der Waals surface area contributed by atoms with Crippen LogP contribution < -0.4 is 0 Å². The number of nitrogens with zero attached hydrogens (tertiary/aromatic N) is 4. The zero-order chi connectivity index (χ0) is 24.4. The number of rotatable bonds is 7. The summed E-state index contributed by atoms with van der Waals surface area (Å²) in [4.78, 5) is 16.3. The van der Waals surface area contributed by atoms with Crippen LogP contribution in [0.2, 0.25) is 0 Å². The molecule has 5 heteroatoms. The van der Waals surface area contributed by atoms with Gasteiger partial charge < -0.3 is 9.80 Å². The van der Waals surface area contributed by atoms with Crippen LogP contribution in [0.3, 0.4) is 0 Å². The summed E-state index contributed by atoms with van der Waals surface area (Å²) in [6, 6.07) is 21.8. The Labute approximate surface area is 207 Å². The summed E-state index contributed by atoms with van der Waals surface area (Å²) < 4.78 is 2.26. The second-order valence-electron chi connectivity index (χ2n) is 9.83. The van der Waals surface area contributed by atoms with Crippen LogP contribution in [0.25, 0.3) is 32.8 Å². The normalized spacial score (nSPS) is 14.8. The van der Waals surface area contributed by atoms with Crippen molar-refractivity contribution in [3.8, 4) is 11.1 Å². The lowest BCUT2D eigenvalue weighted by atomic mass is 9.88. The number of aromatic nitrogens is 2. The molecule has 5 rings (SSSR count). The van der Waals surface area contributed by atoms with Crippen LogP contribution in [-0.2, 0) is 11.3 Å². The van der Waals surface area contributed by atoms with E-state index in [-0.39, 0.29) is 5.91 Å². The van der Waals surface area contributed by atoms with Crippen molar-refractivity contribution in [1.29, 1.82) is 0 Å². The highest BCUT2D eigenvalue weighted by Gasteiger charge is 2.28. The van der Waals surface area contributed by atoms with E-state index >= 15 is 0 Å². The van der Waals surface area contributed by atoms with Gasteiger partial charge >= 0.3 is 0 Å². The second-order valence-corrected chi connectivity index (χ2v) is 9.83. The molecule has 1 fully saturated rings. The zero-order valence-electron chi connectivity index (χ0n) is 20.8. The molecule has 1 aliphatic heterocycles. The van der Waals surface area contributed by atoms with Crippen molar-refractivity contribution in [3.05, 3.63) is 79.0 Å². The molecule has 180 valence electrons. The molecule has 0 spiro atoms. The lowest BCUT2D eigenvalue weighted by molar-refractivity contribution is -0.127. The van der Waals surface area contributed by atoms with Gasteiger partial charge in [0.2, 0.25) is 5.91 Å².